The lowest BCUT2D eigenvalue weighted by atomic mass is 10.2. The van der Waals surface area contributed by atoms with Gasteiger partial charge in [-0.1, -0.05) is 12.8 Å². The number of benzene rings is 1. The molecule has 0 radical (unpaired) electrons. The SMILES string of the molecule is O=C(CCC(=O)N1CCOCC1)Nc1ccc(S(=O)(=O)N2CCCCCC2)cc1. The minimum Gasteiger partial charge on any atom is -0.378 e. The van der Waals surface area contributed by atoms with Crippen LogP contribution in [-0.4, -0.2) is 68.8 Å². The van der Waals surface area contributed by atoms with Gasteiger partial charge in [-0.2, -0.15) is 4.31 Å². The number of hydrogen-bond acceptors (Lipinski definition) is 5. The molecule has 2 saturated heterocycles. The molecule has 2 aliphatic rings. The maximum atomic E-state index is 12.8. The lowest BCUT2D eigenvalue weighted by Crippen LogP contribution is -2.40. The second-order valence-corrected chi connectivity index (χ2v) is 9.32. The van der Waals surface area contributed by atoms with E-state index in [1.54, 1.807) is 21.3 Å². The number of nitrogens with zero attached hydrogens (tertiary/aromatic N) is 2. The molecule has 0 atom stereocenters. The summed E-state index contributed by atoms with van der Waals surface area (Å²) in [7, 11) is -3.50. The highest BCUT2D eigenvalue weighted by molar-refractivity contribution is 7.89. The van der Waals surface area contributed by atoms with Crippen molar-refractivity contribution in [3.63, 3.8) is 0 Å². The Morgan fingerprint density at radius 3 is 2.14 bits per heavy atom. The Balaban J connectivity index is 1.51. The van der Waals surface area contributed by atoms with E-state index in [0.29, 0.717) is 45.1 Å². The molecule has 1 aromatic carbocycles. The molecule has 1 aromatic rings. The lowest BCUT2D eigenvalue weighted by molar-refractivity contribution is -0.136. The molecule has 2 aliphatic heterocycles. The van der Waals surface area contributed by atoms with E-state index in [-0.39, 0.29) is 29.6 Å². The monoisotopic (exact) mass is 423 g/mol. The number of amides is 2. The van der Waals surface area contributed by atoms with Crippen LogP contribution in [-0.2, 0) is 24.3 Å². The molecular formula is C20H29N3O5S. The Kier molecular flexibility index (Phi) is 7.63. The molecule has 0 unspecified atom stereocenters. The van der Waals surface area contributed by atoms with Crippen LogP contribution in [0.2, 0.25) is 0 Å². The molecule has 29 heavy (non-hydrogen) atoms. The highest BCUT2D eigenvalue weighted by Gasteiger charge is 2.25. The third kappa shape index (κ3) is 6.01. The van der Waals surface area contributed by atoms with Crippen LogP contribution in [0.1, 0.15) is 38.5 Å². The van der Waals surface area contributed by atoms with Gasteiger partial charge >= 0.3 is 0 Å². The van der Waals surface area contributed by atoms with Crippen LogP contribution in [0.5, 0.6) is 0 Å². The summed E-state index contributed by atoms with van der Waals surface area (Å²) in [6, 6.07) is 6.22. The van der Waals surface area contributed by atoms with Gasteiger partial charge in [-0.05, 0) is 37.1 Å². The topological polar surface area (TPSA) is 96.0 Å². The van der Waals surface area contributed by atoms with Crippen molar-refractivity contribution in [3.05, 3.63) is 24.3 Å². The number of anilines is 1. The van der Waals surface area contributed by atoms with Crippen LogP contribution >= 0.6 is 0 Å². The van der Waals surface area contributed by atoms with Crippen LogP contribution in [0.15, 0.2) is 29.2 Å². The van der Waals surface area contributed by atoms with Gasteiger partial charge in [-0.15, -0.1) is 0 Å². The summed E-state index contributed by atoms with van der Waals surface area (Å²) in [5.41, 5.74) is 0.517. The van der Waals surface area contributed by atoms with Crippen molar-refractivity contribution >= 4 is 27.5 Å². The summed E-state index contributed by atoms with van der Waals surface area (Å²) in [5, 5.41) is 2.73. The zero-order valence-corrected chi connectivity index (χ0v) is 17.5. The van der Waals surface area contributed by atoms with Gasteiger partial charge < -0.3 is 15.0 Å². The van der Waals surface area contributed by atoms with Crippen molar-refractivity contribution in [1.82, 2.24) is 9.21 Å². The fourth-order valence-electron chi connectivity index (χ4n) is 3.56. The minimum atomic E-state index is -3.50. The molecule has 3 rings (SSSR count). The summed E-state index contributed by atoms with van der Waals surface area (Å²) >= 11 is 0. The average Bonchev–Trinajstić information content (AvgIpc) is 3.03. The molecular weight excluding hydrogens is 394 g/mol. The van der Waals surface area contributed by atoms with Gasteiger partial charge in [0, 0.05) is 44.7 Å². The highest BCUT2D eigenvalue weighted by atomic mass is 32.2. The first-order valence-electron chi connectivity index (χ1n) is 10.2. The average molecular weight is 424 g/mol. The van der Waals surface area contributed by atoms with E-state index in [1.807, 2.05) is 0 Å². The Bertz CT molecular complexity index is 796. The molecule has 2 amide bonds. The summed E-state index contributed by atoms with van der Waals surface area (Å²) in [5.74, 6) is -0.322. The number of rotatable bonds is 6. The third-order valence-corrected chi connectivity index (χ3v) is 7.18. The van der Waals surface area contributed by atoms with Gasteiger partial charge in [-0.25, -0.2) is 8.42 Å². The van der Waals surface area contributed by atoms with Crippen molar-refractivity contribution < 1.29 is 22.7 Å². The van der Waals surface area contributed by atoms with Crippen LogP contribution in [0.3, 0.4) is 0 Å². The number of morpholine rings is 1. The Labute approximate surface area is 172 Å². The summed E-state index contributed by atoms with van der Waals surface area (Å²) in [6.45, 7) is 3.30. The first-order valence-corrected chi connectivity index (χ1v) is 11.7. The van der Waals surface area contributed by atoms with Crippen LogP contribution in [0.25, 0.3) is 0 Å². The first-order chi connectivity index (χ1) is 14.0. The smallest absolute Gasteiger partial charge is 0.243 e. The second-order valence-electron chi connectivity index (χ2n) is 7.38. The van der Waals surface area contributed by atoms with E-state index >= 15 is 0 Å². The van der Waals surface area contributed by atoms with Crippen LogP contribution in [0, 0.1) is 0 Å². The van der Waals surface area contributed by atoms with Crippen molar-refractivity contribution in [2.75, 3.05) is 44.7 Å². The fraction of sp³-hybridized carbons (Fsp3) is 0.600. The lowest BCUT2D eigenvalue weighted by Gasteiger charge is -2.26. The molecule has 2 heterocycles. The number of carbonyl (C=O) groups is 2. The van der Waals surface area contributed by atoms with Crippen molar-refractivity contribution in [1.29, 1.82) is 0 Å². The van der Waals surface area contributed by atoms with E-state index in [4.69, 9.17) is 4.74 Å². The van der Waals surface area contributed by atoms with Gasteiger partial charge in [0.2, 0.25) is 21.8 Å². The molecule has 2 fully saturated rings. The fourth-order valence-corrected chi connectivity index (χ4v) is 5.07. The molecule has 0 saturated carbocycles. The molecule has 1 N–H and O–H groups in total. The predicted molar refractivity (Wildman–Crippen MR) is 109 cm³/mol. The van der Waals surface area contributed by atoms with Crippen LogP contribution < -0.4 is 5.32 Å². The molecule has 0 bridgehead atoms. The van der Waals surface area contributed by atoms with E-state index in [1.165, 1.54) is 12.1 Å². The summed E-state index contributed by atoms with van der Waals surface area (Å²) in [4.78, 5) is 26.2. The normalized spacial score (nSPS) is 18.8. The van der Waals surface area contributed by atoms with Gasteiger partial charge in [0.05, 0.1) is 18.1 Å². The van der Waals surface area contributed by atoms with E-state index in [0.717, 1.165) is 25.7 Å². The number of sulfonamides is 1. The highest BCUT2D eigenvalue weighted by Crippen LogP contribution is 2.22. The molecule has 0 aromatic heterocycles. The Morgan fingerprint density at radius 2 is 1.52 bits per heavy atom. The van der Waals surface area contributed by atoms with Gasteiger partial charge in [0.1, 0.15) is 0 Å². The van der Waals surface area contributed by atoms with E-state index < -0.39 is 10.0 Å². The Morgan fingerprint density at radius 1 is 0.897 bits per heavy atom. The number of ether oxygens (including phenoxy) is 1. The largest absolute Gasteiger partial charge is 0.378 e. The predicted octanol–water partition coefficient (Wildman–Crippen LogP) is 1.83. The quantitative estimate of drug-likeness (QED) is 0.753. The maximum Gasteiger partial charge on any atom is 0.243 e. The van der Waals surface area contributed by atoms with Crippen molar-refractivity contribution in [2.24, 2.45) is 0 Å². The zero-order valence-electron chi connectivity index (χ0n) is 16.6. The van der Waals surface area contributed by atoms with E-state index in [2.05, 4.69) is 5.32 Å². The van der Waals surface area contributed by atoms with Crippen molar-refractivity contribution in [2.45, 2.75) is 43.4 Å². The standard InChI is InChI=1S/C20H29N3O5S/c24-19(9-10-20(25)22-13-15-28-16-14-22)21-17-5-7-18(8-6-17)29(26,27)23-11-3-1-2-4-12-23/h5-8H,1-4,9-16H2,(H,21,24). The number of nitrogens with one attached hydrogen (secondary N) is 1. The first kappa shape index (κ1) is 21.7. The molecule has 0 spiro atoms. The number of carbonyl (C=O) groups excluding carboxylic acids is 2. The van der Waals surface area contributed by atoms with Crippen molar-refractivity contribution in [3.8, 4) is 0 Å². The van der Waals surface area contributed by atoms with Gasteiger partial charge in [0.15, 0.2) is 0 Å². The zero-order chi connectivity index (χ0) is 20.7. The minimum absolute atomic E-state index is 0.0534. The summed E-state index contributed by atoms with van der Waals surface area (Å²) in [6.07, 6.45) is 4.13. The second kappa shape index (κ2) is 10.2. The van der Waals surface area contributed by atoms with Gasteiger partial charge in [-0.3, -0.25) is 9.59 Å². The Hall–Kier alpha value is -1.97. The number of hydrogen-bond donors (Lipinski definition) is 1. The summed E-state index contributed by atoms with van der Waals surface area (Å²) < 4.78 is 32.3. The molecule has 8 nitrogen and oxygen atoms in total. The van der Waals surface area contributed by atoms with E-state index in [9.17, 15) is 18.0 Å². The molecule has 160 valence electrons. The third-order valence-electron chi connectivity index (χ3n) is 5.27. The maximum absolute atomic E-state index is 12.8. The van der Waals surface area contributed by atoms with Crippen LogP contribution in [0.4, 0.5) is 5.69 Å². The molecule has 9 heteroatoms. The van der Waals surface area contributed by atoms with Gasteiger partial charge in [0.25, 0.3) is 0 Å². The molecule has 0 aliphatic carbocycles.